The van der Waals surface area contributed by atoms with Crippen molar-refractivity contribution < 1.29 is 13.2 Å². The number of carbonyl (C=O) groups excluding carboxylic acids is 1. The Morgan fingerprint density at radius 3 is 2.47 bits per heavy atom. The van der Waals surface area contributed by atoms with Crippen molar-refractivity contribution in [1.29, 1.82) is 0 Å². The van der Waals surface area contributed by atoms with Crippen molar-refractivity contribution in [2.45, 2.75) is 37.4 Å². The number of hydrogen-bond acceptors (Lipinski definition) is 7. The number of sulfonamides is 1. The maximum atomic E-state index is 12.9. The molecule has 156 valence electrons. The minimum Gasteiger partial charge on any atom is -0.325 e. The molecule has 0 bridgehead atoms. The second kappa shape index (κ2) is 7.77. The number of hydrogen-bond donors (Lipinski definition) is 2. The quantitative estimate of drug-likeness (QED) is 0.578. The zero-order valence-corrected chi connectivity index (χ0v) is 18.1. The highest BCUT2D eigenvalue weighted by Crippen LogP contribution is 2.33. The largest absolute Gasteiger partial charge is 0.325 e. The molecule has 0 aliphatic heterocycles. The highest BCUT2D eigenvalue weighted by Gasteiger charge is 2.37. The Labute approximate surface area is 178 Å². The Morgan fingerprint density at radius 2 is 1.83 bits per heavy atom. The standard InChI is InChI=1S/C20H21N5O3S2/c1-20(2,17-12-29-19(24-17)25-30(27,28)16-7-8-16)18(26)23-15-5-3-13(4-6-15)14-9-10-21-22-11-14/h3-6,9-12,16H,7-8H2,1-2H3,(H,23,26)(H,24,25). The van der Waals surface area contributed by atoms with Gasteiger partial charge in [0.1, 0.15) is 0 Å². The highest BCUT2D eigenvalue weighted by molar-refractivity contribution is 7.93. The summed E-state index contributed by atoms with van der Waals surface area (Å²) in [5.41, 5.74) is 2.14. The minimum atomic E-state index is -3.38. The second-order valence-electron chi connectivity index (χ2n) is 7.67. The van der Waals surface area contributed by atoms with Crippen LogP contribution in [0.5, 0.6) is 0 Å². The number of carbonyl (C=O) groups is 1. The summed E-state index contributed by atoms with van der Waals surface area (Å²) in [5, 5.41) is 12.2. The maximum Gasteiger partial charge on any atom is 0.237 e. The van der Waals surface area contributed by atoms with E-state index >= 15 is 0 Å². The van der Waals surface area contributed by atoms with Gasteiger partial charge < -0.3 is 5.32 Å². The van der Waals surface area contributed by atoms with Gasteiger partial charge >= 0.3 is 0 Å². The lowest BCUT2D eigenvalue weighted by molar-refractivity contribution is -0.120. The summed E-state index contributed by atoms with van der Waals surface area (Å²) in [6.45, 7) is 3.52. The summed E-state index contributed by atoms with van der Waals surface area (Å²) in [7, 11) is -3.38. The summed E-state index contributed by atoms with van der Waals surface area (Å²) >= 11 is 1.18. The van der Waals surface area contributed by atoms with Crippen molar-refractivity contribution in [3.05, 3.63) is 53.8 Å². The van der Waals surface area contributed by atoms with Crippen LogP contribution in [0.4, 0.5) is 10.8 Å². The number of aromatic nitrogens is 3. The van der Waals surface area contributed by atoms with E-state index in [2.05, 4.69) is 25.2 Å². The predicted octanol–water partition coefficient (Wildman–Crippen LogP) is 3.42. The van der Waals surface area contributed by atoms with Crippen LogP contribution in [0.25, 0.3) is 11.1 Å². The first-order valence-electron chi connectivity index (χ1n) is 9.42. The van der Waals surface area contributed by atoms with Crippen molar-refractivity contribution in [2.24, 2.45) is 0 Å². The normalized spacial score (nSPS) is 14.3. The molecule has 1 saturated carbocycles. The van der Waals surface area contributed by atoms with E-state index in [0.29, 0.717) is 24.2 Å². The SMILES string of the molecule is CC(C)(C(=O)Nc1ccc(-c2ccnnc2)cc1)c1csc(NS(=O)(=O)C2CC2)n1. The zero-order chi connectivity index (χ0) is 21.4. The lowest BCUT2D eigenvalue weighted by atomic mass is 9.89. The van der Waals surface area contributed by atoms with Crippen LogP contribution in [0.15, 0.2) is 48.1 Å². The second-order valence-corrected chi connectivity index (χ2v) is 10.5. The molecule has 0 saturated heterocycles. The molecule has 0 unspecified atom stereocenters. The molecule has 1 aliphatic rings. The Bertz CT molecular complexity index is 1150. The average molecular weight is 444 g/mol. The van der Waals surface area contributed by atoms with E-state index in [1.807, 2.05) is 30.3 Å². The van der Waals surface area contributed by atoms with Crippen molar-refractivity contribution >= 4 is 38.1 Å². The van der Waals surface area contributed by atoms with Crippen LogP contribution in [0.2, 0.25) is 0 Å². The third kappa shape index (κ3) is 4.34. The van der Waals surface area contributed by atoms with Gasteiger partial charge in [-0.3, -0.25) is 9.52 Å². The molecule has 10 heteroatoms. The molecule has 1 amide bonds. The molecule has 1 fully saturated rings. The van der Waals surface area contributed by atoms with Crippen LogP contribution in [0.3, 0.4) is 0 Å². The fraction of sp³-hybridized carbons (Fsp3) is 0.300. The lowest BCUT2D eigenvalue weighted by Crippen LogP contribution is -2.35. The number of amides is 1. The van der Waals surface area contributed by atoms with Gasteiger partial charge in [0.25, 0.3) is 0 Å². The summed E-state index contributed by atoms with van der Waals surface area (Å²) in [5.74, 6) is -0.234. The third-order valence-corrected chi connectivity index (χ3v) is 7.68. The molecular weight excluding hydrogens is 422 g/mol. The van der Waals surface area contributed by atoms with Gasteiger partial charge in [0.05, 0.1) is 28.8 Å². The summed E-state index contributed by atoms with van der Waals surface area (Å²) < 4.78 is 26.7. The topological polar surface area (TPSA) is 114 Å². The van der Waals surface area contributed by atoms with Gasteiger partial charge in [-0.2, -0.15) is 10.2 Å². The first-order chi connectivity index (χ1) is 14.3. The Morgan fingerprint density at radius 1 is 1.10 bits per heavy atom. The van der Waals surface area contributed by atoms with Gasteiger partial charge in [-0.25, -0.2) is 13.4 Å². The van der Waals surface area contributed by atoms with Crippen LogP contribution in [0.1, 0.15) is 32.4 Å². The Kier molecular flexibility index (Phi) is 5.29. The van der Waals surface area contributed by atoms with Crippen LogP contribution >= 0.6 is 11.3 Å². The third-order valence-electron chi connectivity index (χ3n) is 4.97. The van der Waals surface area contributed by atoms with Crippen LogP contribution in [-0.2, 0) is 20.2 Å². The summed E-state index contributed by atoms with van der Waals surface area (Å²) in [4.78, 5) is 17.2. The number of thiazole rings is 1. The first-order valence-corrected chi connectivity index (χ1v) is 11.8. The zero-order valence-electron chi connectivity index (χ0n) is 16.5. The molecule has 0 radical (unpaired) electrons. The fourth-order valence-electron chi connectivity index (χ4n) is 2.80. The fourth-order valence-corrected chi connectivity index (χ4v) is 5.28. The van der Waals surface area contributed by atoms with Gasteiger partial charge in [0.2, 0.25) is 15.9 Å². The Balaban J connectivity index is 1.45. The van der Waals surface area contributed by atoms with Crippen LogP contribution in [0, 0.1) is 0 Å². The molecule has 3 aromatic rings. The number of benzene rings is 1. The van der Waals surface area contributed by atoms with E-state index in [9.17, 15) is 13.2 Å². The smallest absolute Gasteiger partial charge is 0.237 e. The van der Waals surface area contributed by atoms with Gasteiger partial charge in [0.15, 0.2) is 5.13 Å². The molecule has 1 aromatic carbocycles. The average Bonchev–Trinajstić information content (AvgIpc) is 3.50. The molecule has 2 N–H and O–H groups in total. The van der Waals surface area contributed by atoms with E-state index in [0.717, 1.165) is 11.1 Å². The predicted molar refractivity (Wildman–Crippen MR) is 117 cm³/mol. The lowest BCUT2D eigenvalue weighted by Gasteiger charge is -2.21. The van der Waals surface area contributed by atoms with Crippen molar-refractivity contribution in [1.82, 2.24) is 15.2 Å². The van der Waals surface area contributed by atoms with Crippen molar-refractivity contribution in [2.75, 3.05) is 10.0 Å². The molecule has 4 rings (SSSR count). The molecular formula is C20H21N5O3S2. The first kappa shape index (κ1) is 20.4. The number of nitrogens with zero attached hydrogens (tertiary/aromatic N) is 3. The van der Waals surface area contributed by atoms with Gasteiger partial charge in [-0.05, 0) is 50.5 Å². The summed E-state index contributed by atoms with van der Waals surface area (Å²) in [6, 6.07) is 9.29. The molecule has 0 spiro atoms. The van der Waals surface area contributed by atoms with E-state index in [4.69, 9.17) is 0 Å². The number of rotatable bonds is 7. The van der Waals surface area contributed by atoms with Crippen molar-refractivity contribution in [3.8, 4) is 11.1 Å². The van der Waals surface area contributed by atoms with Gasteiger partial charge in [0, 0.05) is 16.6 Å². The van der Waals surface area contributed by atoms with Gasteiger partial charge in [-0.15, -0.1) is 11.3 Å². The molecule has 8 nitrogen and oxygen atoms in total. The number of nitrogens with one attached hydrogen (secondary N) is 2. The Hall–Kier alpha value is -2.85. The van der Waals surface area contributed by atoms with Gasteiger partial charge in [-0.1, -0.05) is 12.1 Å². The van der Waals surface area contributed by atoms with Crippen LogP contribution < -0.4 is 10.0 Å². The monoisotopic (exact) mass is 443 g/mol. The van der Waals surface area contributed by atoms with E-state index < -0.39 is 15.4 Å². The molecule has 1 aliphatic carbocycles. The number of anilines is 2. The summed E-state index contributed by atoms with van der Waals surface area (Å²) in [6.07, 6.45) is 4.66. The molecule has 2 aromatic heterocycles. The minimum absolute atomic E-state index is 0.234. The van der Waals surface area contributed by atoms with E-state index in [1.165, 1.54) is 11.3 Å². The molecule has 2 heterocycles. The van der Waals surface area contributed by atoms with E-state index in [1.54, 1.807) is 31.6 Å². The maximum absolute atomic E-state index is 12.9. The van der Waals surface area contributed by atoms with Crippen LogP contribution in [-0.4, -0.2) is 34.8 Å². The van der Waals surface area contributed by atoms with E-state index in [-0.39, 0.29) is 16.3 Å². The highest BCUT2D eigenvalue weighted by atomic mass is 32.2. The van der Waals surface area contributed by atoms with Crippen molar-refractivity contribution in [3.63, 3.8) is 0 Å². The molecule has 0 atom stereocenters. The molecule has 30 heavy (non-hydrogen) atoms.